The maximum atomic E-state index is 3.98. The number of likely N-dealkylation sites (tertiary alicyclic amines) is 1. The lowest BCUT2D eigenvalue weighted by atomic mass is 10.0. The average Bonchev–Trinajstić information content (AvgIpc) is 2.70. The topological polar surface area (TPSA) is 15.3 Å². The first-order chi connectivity index (χ1) is 7.83. The first kappa shape index (κ1) is 9.90. The van der Waals surface area contributed by atoms with E-state index in [-0.39, 0.29) is 0 Å². The number of nitrogens with zero attached hydrogens (tertiary/aromatic N) is 1. The van der Waals surface area contributed by atoms with E-state index in [0.717, 1.165) is 35.8 Å². The van der Waals surface area contributed by atoms with E-state index >= 15 is 0 Å². The van der Waals surface area contributed by atoms with E-state index in [4.69, 9.17) is 0 Å². The Morgan fingerprint density at radius 1 is 1.06 bits per heavy atom. The van der Waals surface area contributed by atoms with Crippen molar-refractivity contribution in [3.8, 4) is 0 Å². The van der Waals surface area contributed by atoms with Crippen LogP contribution >= 0.6 is 0 Å². The van der Waals surface area contributed by atoms with Crippen LogP contribution in [-0.2, 0) is 0 Å². The van der Waals surface area contributed by atoms with Gasteiger partial charge in [-0.15, -0.1) is 0 Å². The molecule has 3 aliphatic carbocycles. The van der Waals surface area contributed by atoms with Crippen LogP contribution in [0.2, 0.25) is 0 Å². The van der Waals surface area contributed by atoms with E-state index < -0.39 is 0 Å². The van der Waals surface area contributed by atoms with Gasteiger partial charge in [-0.1, -0.05) is 0 Å². The van der Waals surface area contributed by atoms with Crippen molar-refractivity contribution in [2.24, 2.45) is 23.7 Å². The molecule has 4 aliphatic rings. The fraction of sp³-hybridized carbons (Fsp3) is 1.00. The van der Waals surface area contributed by atoms with Gasteiger partial charge in [-0.3, -0.25) is 0 Å². The molecule has 4 fully saturated rings. The molecule has 2 nitrogen and oxygen atoms in total. The number of hydrogen-bond acceptors (Lipinski definition) is 2. The summed E-state index contributed by atoms with van der Waals surface area (Å²) < 4.78 is 0. The molecule has 2 heteroatoms. The highest BCUT2D eigenvalue weighted by molar-refractivity contribution is 5.17. The zero-order chi connectivity index (χ0) is 10.7. The maximum absolute atomic E-state index is 3.98. The highest BCUT2D eigenvalue weighted by atomic mass is 15.2. The molecule has 3 saturated carbocycles. The van der Waals surface area contributed by atoms with E-state index in [2.05, 4.69) is 17.3 Å². The summed E-state index contributed by atoms with van der Waals surface area (Å²) in [4.78, 5) is 2.49. The van der Waals surface area contributed by atoms with Crippen LogP contribution in [0.15, 0.2) is 0 Å². The van der Waals surface area contributed by atoms with Crippen LogP contribution in [-0.4, -0.2) is 37.1 Å². The molecule has 0 radical (unpaired) electrons. The van der Waals surface area contributed by atoms with Crippen LogP contribution in [0.4, 0.5) is 0 Å². The van der Waals surface area contributed by atoms with Crippen LogP contribution in [0.25, 0.3) is 0 Å². The molecular formula is C14H24N2. The first-order valence-electron chi connectivity index (χ1n) is 7.27. The van der Waals surface area contributed by atoms with Crippen LogP contribution in [0, 0.1) is 23.7 Å². The Morgan fingerprint density at radius 3 is 2.50 bits per heavy atom. The van der Waals surface area contributed by atoms with Gasteiger partial charge in [0.15, 0.2) is 0 Å². The minimum atomic E-state index is 0.800. The fourth-order valence-corrected chi connectivity index (χ4v) is 5.12. The van der Waals surface area contributed by atoms with Gasteiger partial charge in [-0.05, 0) is 69.4 Å². The highest BCUT2D eigenvalue weighted by Crippen LogP contribution is 2.65. The monoisotopic (exact) mass is 220 g/mol. The quantitative estimate of drug-likeness (QED) is 0.762. The highest BCUT2D eigenvalue weighted by Gasteiger charge is 2.64. The molecule has 16 heavy (non-hydrogen) atoms. The van der Waals surface area contributed by atoms with Crippen molar-refractivity contribution < 1.29 is 0 Å². The number of piperidine rings is 1. The lowest BCUT2D eigenvalue weighted by Crippen LogP contribution is -2.45. The molecule has 1 aliphatic heterocycles. The minimum Gasteiger partial charge on any atom is -0.309 e. The van der Waals surface area contributed by atoms with E-state index in [1.165, 1.54) is 25.9 Å². The molecule has 1 heterocycles. The second kappa shape index (κ2) is 3.46. The second-order valence-corrected chi connectivity index (χ2v) is 6.78. The van der Waals surface area contributed by atoms with Crippen molar-refractivity contribution >= 4 is 0 Å². The molecular weight excluding hydrogens is 196 g/mol. The van der Waals surface area contributed by atoms with Gasteiger partial charge in [-0.25, -0.2) is 0 Å². The Bertz CT molecular complexity index is 274. The molecule has 0 spiro atoms. The zero-order valence-electron chi connectivity index (χ0n) is 10.4. The standard InChI is InChI=1S/C14H24N2/c1-16-6-2-3-11(8-16)15-14-12-9-4-5-10(7-9)13(12)14/h9-15H,2-8H2,1H3. The van der Waals surface area contributed by atoms with Gasteiger partial charge < -0.3 is 10.2 Å². The summed E-state index contributed by atoms with van der Waals surface area (Å²) in [5.74, 6) is 4.44. The Labute approximate surface area is 98.8 Å². The smallest absolute Gasteiger partial charge is 0.0198 e. The number of hydrogen-bond donors (Lipinski definition) is 1. The molecule has 5 atom stereocenters. The molecule has 4 rings (SSSR count). The first-order valence-corrected chi connectivity index (χ1v) is 7.27. The van der Waals surface area contributed by atoms with Crippen molar-refractivity contribution in [3.63, 3.8) is 0 Å². The molecule has 5 unspecified atom stereocenters. The third-order valence-corrected chi connectivity index (χ3v) is 5.79. The van der Waals surface area contributed by atoms with Crippen molar-refractivity contribution in [3.05, 3.63) is 0 Å². The molecule has 1 saturated heterocycles. The van der Waals surface area contributed by atoms with Crippen LogP contribution in [0.5, 0.6) is 0 Å². The van der Waals surface area contributed by atoms with Gasteiger partial charge in [-0.2, -0.15) is 0 Å². The van der Waals surface area contributed by atoms with Gasteiger partial charge in [0, 0.05) is 18.6 Å². The van der Waals surface area contributed by atoms with Crippen molar-refractivity contribution in [2.75, 3.05) is 20.1 Å². The summed E-state index contributed by atoms with van der Waals surface area (Å²) in [6, 6.07) is 1.73. The summed E-state index contributed by atoms with van der Waals surface area (Å²) in [6.45, 7) is 2.59. The molecule has 1 N–H and O–H groups in total. The third kappa shape index (κ3) is 1.39. The Balaban J connectivity index is 1.36. The predicted molar refractivity (Wildman–Crippen MR) is 65.3 cm³/mol. The fourth-order valence-electron chi connectivity index (χ4n) is 5.12. The molecule has 0 aromatic heterocycles. The Hall–Kier alpha value is -0.0800. The molecule has 90 valence electrons. The minimum absolute atomic E-state index is 0.800. The lowest BCUT2D eigenvalue weighted by Gasteiger charge is -2.31. The van der Waals surface area contributed by atoms with Crippen LogP contribution in [0.3, 0.4) is 0 Å². The van der Waals surface area contributed by atoms with Crippen molar-refractivity contribution in [1.82, 2.24) is 10.2 Å². The van der Waals surface area contributed by atoms with Gasteiger partial charge in [0.2, 0.25) is 0 Å². The van der Waals surface area contributed by atoms with E-state index in [1.54, 1.807) is 19.3 Å². The molecule has 0 amide bonds. The lowest BCUT2D eigenvalue weighted by molar-refractivity contribution is 0.220. The normalized spacial score (nSPS) is 55.3. The SMILES string of the molecule is CN1CCCC(NC2C3C4CCC(C4)C23)C1. The Morgan fingerprint density at radius 2 is 1.81 bits per heavy atom. The van der Waals surface area contributed by atoms with Gasteiger partial charge in [0.25, 0.3) is 0 Å². The van der Waals surface area contributed by atoms with E-state index in [1.807, 2.05) is 0 Å². The maximum Gasteiger partial charge on any atom is 0.0198 e. The Kier molecular flexibility index (Phi) is 2.14. The van der Waals surface area contributed by atoms with Crippen molar-refractivity contribution in [1.29, 1.82) is 0 Å². The van der Waals surface area contributed by atoms with E-state index in [9.17, 15) is 0 Å². The van der Waals surface area contributed by atoms with Crippen LogP contribution < -0.4 is 5.32 Å². The van der Waals surface area contributed by atoms with Gasteiger partial charge >= 0.3 is 0 Å². The van der Waals surface area contributed by atoms with Crippen molar-refractivity contribution in [2.45, 2.75) is 44.2 Å². The largest absolute Gasteiger partial charge is 0.309 e. The number of fused-ring (bicyclic) bond motifs is 5. The average molecular weight is 220 g/mol. The molecule has 0 aromatic carbocycles. The molecule has 0 aromatic rings. The third-order valence-electron chi connectivity index (χ3n) is 5.79. The molecule has 2 bridgehead atoms. The predicted octanol–water partition coefficient (Wildman–Crippen LogP) is 1.71. The number of likely N-dealkylation sites (N-methyl/N-ethyl adjacent to an activating group) is 1. The summed E-state index contributed by atoms with van der Waals surface area (Å²) in [5.41, 5.74) is 0. The summed E-state index contributed by atoms with van der Waals surface area (Å²) in [5, 5.41) is 3.98. The number of nitrogens with one attached hydrogen (secondary N) is 1. The summed E-state index contributed by atoms with van der Waals surface area (Å²) in [7, 11) is 2.27. The van der Waals surface area contributed by atoms with Crippen LogP contribution in [0.1, 0.15) is 32.1 Å². The summed E-state index contributed by atoms with van der Waals surface area (Å²) in [6.07, 6.45) is 7.49. The van der Waals surface area contributed by atoms with Gasteiger partial charge in [0.05, 0.1) is 0 Å². The second-order valence-electron chi connectivity index (χ2n) is 6.78. The van der Waals surface area contributed by atoms with E-state index in [0.29, 0.717) is 0 Å². The van der Waals surface area contributed by atoms with Gasteiger partial charge in [0.1, 0.15) is 0 Å². The number of rotatable bonds is 2. The summed E-state index contributed by atoms with van der Waals surface area (Å²) >= 11 is 0. The zero-order valence-corrected chi connectivity index (χ0v) is 10.4.